The lowest BCUT2D eigenvalue weighted by atomic mass is 10.1. The number of anilines is 1. The lowest BCUT2D eigenvalue weighted by molar-refractivity contribution is 0.414. The molecule has 1 heterocycles. The third kappa shape index (κ3) is 5.32. The molecule has 3 aromatic rings. The van der Waals surface area contributed by atoms with Crippen molar-refractivity contribution < 1.29 is 17.5 Å². The molecule has 0 spiro atoms. The lowest BCUT2D eigenvalue weighted by Gasteiger charge is -2.20. The summed E-state index contributed by atoms with van der Waals surface area (Å²) in [5, 5.41) is 2.30. The molecule has 30 heavy (non-hydrogen) atoms. The molecule has 0 amide bonds. The van der Waals surface area contributed by atoms with E-state index in [0.717, 1.165) is 11.5 Å². The number of methoxy groups -OCH3 is 1. The van der Waals surface area contributed by atoms with E-state index in [1.165, 1.54) is 25.3 Å². The molecule has 0 radical (unpaired) electrons. The quantitative estimate of drug-likeness (QED) is 0.515. The van der Waals surface area contributed by atoms with Crippen molar-refractivity contribution in [3.05, 3.63) is 65.7 Å². The van der Waals surface area contributed by atoms with E-state index in [9.17, 15) is 12.8 Å². The van der Waals surface area contributed by atoms with E-state index in [2.05, 4.69) is 14.7 Å². The second-order valence-electron chi connectivity index (χ2n) is 6.85. The molecule has 3 N–H and O–H groups in total. The fraction of sp³-hybridized carbons (Fsp3) is 0.300. The maximum atomic E-state index is 13.9. The molecule has 0 fully saturated rings. The summed E-state index contributed by atoms with van der Waals surface area (Å²) in [6.07, 6.45) is 0.393. The minimum absolute atomic E-state index is 0.151. The van der Waals surface area contributed by atoms with Gasteiger partial charge in [0.2, 0.25) is 5.13 Å². The Morgan fingerprint density at radius 2 is 1.90 bits per heavy atom. The van der Waals surface area contributed by atoms with Gasteiger partial charge in [-0.15, -0.1) is 0 Å². The van der Waals surface area contributed by atoms with Gasteiger partial charge < -0.3 is 15.8 Å². The zero-order valence-corrected chi connectivity index (χ0v) is 18.2. The van der Waals surface area contributed by atoms with Crippen LogP contribution in [0.25, 0.3) is 0 Å². The highest BCUT2D eigenvalue weighted by Crippen LogP contribution is 2.25. The van der Waals surface area contributed by atoms with Crippen LogP contribution in [0.4, 0.5) is 9.52 Å². The van der Waals surface area contributed by atoms with Crippen LogP contribution in [0.2, 0.25) is 0 Å². The molecule has 0 aliphatic rings. The van der Waals surface area contributed by atoms with Gasteiger partial charge in [0.25, 0.3) is 0 Å². The van der Waals surface area contributed by atoms with Crippen LogP contribution in [0.15, 0.2) is 53.4 Å². The first kappa shape index (κ1) is 22.1. The van der Waals surface area contributed by atoms with Crippen LogP contribution in [0.5, 0.6) is 5.75 Å². The number of aromatic nitrogens is 2. The average molecular weight is 451 g/mol. The van der Waals surface area contributed by atoms with E-state index in [-0.39, 0.29) is 29.6 Å². The van der Waals surface area contributed by atoms with E-state index in [1.54, 1.807) is 37.3 Å². The minimum atomic E-state index is -3.74. The highest BCUT2D eigenvalue weighted by Gasteiger charge is 2.29. The summed E-state index contributed by atoms with van der Waals surface area (Å²) in [7, 11) is -2.23. The number of ether oxygens (including phenoxy) is 1. The Kier molecular flexibility index (Phi) is 7.01. The van der Waals surface area contributed by atoms with Gasteiger partial charge >= 0.3 is 0 Å². The fourth-order valence-corrected chi connectivity index (χ4v) is 5.25. The molecular weight excluding hydrogens is 427 g/mol. The third-order valence-corrected chi connectivity index (χ3v) is 7.08. The minimum Gasteiger partial charge on any atom is -0.497 e. The molecule has 0 aliphatic carbocycles. The molecule has 3 rings (SSSR count). The van der Waals surface area contributed by atoms with E-state index < -0.39 is 15.2 Å². The number of halogens is 1. The summed E-state index contributed by atoms with van der Waals surface area (Å²) in [6.45, 7) is 1.74. The largest absolute Gasteiger partial charge is 0.497 e. The van der Waals surface area contributed by atoms with Crippen molar-refractivity contribution in [3.63, 3.8) is 0 Å². The number of hydrogen-bond donors (Lipinski definition) is 2. The number of nitrogens with two attached hydrogens (primary N) is 1. The van der Waals surface area contributed by atoms with Gasteiger partial charge in [-0.3, -0.25) is 0 Å². The van der Waals surface area contributed by atoms with Gasteiger partial charge in [-0.25, -0.2) is 17.8 Å². The van der Waals surface area contributed by atoms with Crippen molar-refractivity contribution in [1.82, 2.24) is 9.36 Å². The molecule has 0 bridgehead atoms. The first-order valence-electron chi connectivity index (χ1n) is 9.25. The molecule has 10 heteroatoms. The van der Waals surface area contributed by atoms with Crippen molar-refractivity contribution in [3.8, 4) is 5.75 Å². The molecule has 2 unspecified atom stereocenters. The van der Waals surface area contributed by atoms with E-state index >= 15 is 0 Å². The van der Waals surface area contributed by atoms with Crippen molar-refractivity contribution in [1.29, 1.82) is 0 Å². The van der Waals surface area contributed by atoms with Crippen molar-refractivity contribution in [2.24, 2.45) is 5.73 Å². The van der Waals surface area contributed by atoms with Crippen molar-refractivity contribution >= 4 is 26.5 Å². The van der Waals surface area contributed by atoms with Crippen LogP contribution in [0.3, 0.4) is 0 Å². The van der Waals surface area contributed by atoms with E-state index in [1.807, 2.05) is 0 Å². The molecule has 2 aromatic carbocycles. The molecule has 160 valence electrons. The Morgan fingerprint density at radius 3 is 2.53 bits per heavy atom. The summed E-state index contributed by atoms with van der Waals surface area (Å²) in [6, 6.07) is 12.2. The van der Waals surface area contributed by atoms with Gasteiger partial charge in [-0.1, -0.05) is 18.2 Å². The number of nitrogens with zero attached hydrogens (tertiary/aromatic N) is 2. The highest BCUT2D eigenvalue weighted by atomic mass is 32.2. The first-order valence-corrected chi connectivity index (χ1v) is 11.6. The molecule has 0 aliphatic heterocycles. The molecular formula is C20H23FN4O3S2. The third-order valence-electron chi connectivity index (χ3n) is 4.41. The SMILES string of the molecule is COc1ccc(S(=O)(=O)C(CC(C)N)Nc2nc(Cc3ccccc3F)ns2)cc1. The lowest BCUT2D eigenvalue weighted by Crippen LogP contribution is -2.35. The van der Waals surface area contributed by atoms with Gasteiger partial charge in [0.15, 0.2) is 9.84 Å². The predicted octanol–water partition coefficient (Wildman–Crippen LogP) is 3.23. The summed E-state index contributed by atoms with van der Waals surface area (Å²) in [4.78, 5) is 4.48. The zero-order valence-electron chi connectivity index (χ0n) is 16.6. The number of hydrogen-bond acceptors (Lipinski definition) is 8. The van der Waals surface area contributed by atoms with Gasteiger partial charge in [0.05, 0.1) is 12.0 Å². The molecule has 7 nitrogen and oxygen atoms in total. The van der Waals surface area contributed by atoms with Gasteiger partial charge in [-0.05, 0) is 49.2 Å². The molecule has 2 atom stereocenters. The summed E-state index contributed by atoms with van der Waals surface area (Å²) < 4.78 is 49.5. The van der Waals surface area contributed by atoms with Crippen LogP contribution in [-0.2, 0) is 16.3 Å². The monoisotopic (exact) mass is 450 g/mol. The standard InChI is InChI=1S/C20H23FN4O3S2/c1-13(22)11-19(30(26,27)16-9-7-15(28-2)8-10-16)24-20-23-18(25-29-20)12-14-5-3-4-6-17(14)21/h3-10,13,19H,11-12,22H2,1-2H3,(H,23,24,25). The zero-order chi connectivity index (χ0) is 21.7. The van der Waals surface area contributed by atoms with E-state index in [4.69, 9.17) is 10.5 Å². The van der Waals surface area contributed by atoms with Gasteiger partial charge in [0, 0.05) is 24.0 Å². The maximum absolute atomic E-state index is 13.9. The van der Waals surface area contributed by atoms with Gasteiger partial charge in [-0.2, -0.15) is 4.37 Å². The summed E-state index contributed by atoms with van der Waals surface area (Å²) in [5.74, 6) is 0.639. The van der Waals surface area contributed by atoms with Gasteiger partial charge in [0.1, 0.15) is 22.8 Å². The fourth-order valence-electron chi connectivity index (χ4n) is 2.86. The summed E-state index contributed by atoms with van der Waals surface area (Å²) in [5.41, 5.74) is 6.36. The Hall–Kier alpha value is -2.56. The second kappa shape index (κ2) is 9.50. The second-order valence-corrected chi connectivity index (χ2v) is 9.73. The van der Waals surface area contributed by atoms with E-state index in [0.29, 0.717) is 22.3 Å². The predicted molar refractivity (Wildman–Crippen MR) is 115 cm³/mol. The molecule has 1 aromatic heterocycles. The average Bonchev–Trinajstić information content (AvgIpc) is 3.16. The van der Waals surface area contributed by atoms with Crippen LogP contribution in [0, 0.1) is 5.82 Å². The number of benzene rings is 2. The Labute approximate surface area is 179 Å². The Morgan fingerprint density at radius 1 is 1.20 bits per heavy atom. The molecule has 0 saturated carbocycles. The van der Waals surface area contributed by atoms with Crippen LogP contribution >= 0.6 is 11.5 Å². The number of sulfone groups is 1. The maximum Gasteiger partial charge on any atom is 0.203 e. The van der Waals surface area contributed by atoms with Crippen LogP contribution < -0.4 is 15.8 Å². The Balaban J connectivity index is 1.81. The first-order chi connectivity index (χ1) is 14.3. The van der Waals surface area contributed by atoms with Crippen LogP contribution in [-0.4, -0.2) is 36.3 Å². The topological polar surface area (TPSA) is 107 Å². The van der Waals surface area contributed by atoms with Crippen molar-refractivity contribution in [2.45, 2.75) is 36.1 Å². The number of nitrogens with one attached hydrogen (secondary N) is 1. The number of rotatable bonds is 9. The normalized spacial score (nSPS) is 13.6. The smallest absolute Gasteiger partial charge is 0.203 e. The van der Waals surface area contributed by atoms with Crippen LogP contribution in [0.1, 0.15) is 24.7 Å². The van der Waals surface area contributed by atoms with Crippen molar-refractivity contribution in [2.75, 3.05) is 12.4 Å². The highest BCUT2D eigenvalue weighted by molar-refractivity contribution is 7.92. The Bertz CT molecular complexity index is 1090. The molecule has 0 saturated heterocycles. The summed E-state index contributed by atoms with van der Waals surface area (Å²) >= 11 is 1.03.